The summed E-state index contributed by atoms with van der Waals surface area (Å²) in [6.07, 6.45) is 1.70. The van der Waals surface area contributed by atoms with Crippen molar-refractivity contribution in [3.8, 4) is 5.75 Å². The third kappa shape index (κ3) is 1.40. The first-order valence-corrected chi connectivity index (χ1v) is 3.15. The lowest BCUT2D eigenvalue weighted by molar-refractivity contribution is 0.244. The summed E-state index contributed by atoms with van der Waals surface area (Å²) < 4.78 is 5.27. The van der Waals surface area contributed by atoms with E-state index in [2.05, 4.69) is 10.2 Å². The van der Waals surface area contributed by atoms with E-state index in [4.69, 9.17) is 10.5 Å². The van der Waals surface area contributed by atoms with Crippen LogP contribution in [0.4, 0.5) is 5.82 Å². The molecule has 0 atom stereocenters. The Morgan fingerprint density at radius 3 is 2.80 bits per heavy atom. The van der Waals surface area contributed by atoms with Crippen LogP contribution in [0.15, 0.2) is 6.20 Å². The van der Waals surface area contributed by atoms with Gasteiger partial charge in [0.05, 0.1) is 12.3 Å². The van der Waals surface area contributed by atoms with E-state index in [-0.39, 0.29) is 6.10 Å². The van der Waals surface area contributed by atoms with Crippen molar-refractivity contribution >= 4 is 5.82 Å². The fourth-order valence-electron chi connectivity index (χ4n) is 0.633. The summed E-state index contributed by atoms with van der Waals surface area (Å²) in [5.74, 6) is 1.10. The molecule has 0 saturated heterocycles. The number of nitrogen functional groups attached to an aromatic ring is 1. The SMILES string of the molecule is CC(C)Oc1cn[nH]c1N. The quantitative estimate of drug-likeness (QED) is 0.639. The van der Waals surface area contributed by atoms with Crippen LogP contribution in [-0.4, -0.2) is 16.3 Å². The van der Waals surface area contributed by atoms with E-state index < -0.39 is 0 Å². The maximum Gasteiger partial charge on any atom is 0.181 e. The number of hydrogen-bond donors (Lipinski definition) is 2. The summed E-state index contributed by atoms with van der Waals surface area (Å²) in [7, 11) is 0. The van der Waals surface area contributed by atoms with Gasteiger partial charge >= 0.3 is 0 Å². The molecule has 0 radical (unpaired) electrons. The minimum absolute atomic E-state index is 0.139. The highest BCUT2D eigenvalue weighted by Gasteiger charge is 2.02. The van der Waals surface area contributed by atoms with Gasteiger partial charge in [-0.3, -0.25) is 5.10 Å². The van der Waals surface area contributed by atoms with Crippen molar-refractivity contribution in [2.24, 2.45) is 0 Å². The molecule has 4 heteroatoms. The first-order valence-electron chi connectivity index (χ1n) is 3.15. The van der Waals surface area contributed by atoms with Crippen molar-refractivity contribution in [3.05, 3.63) is 6.20 Å². The molecule has 0 fully saturated rings. The fraction of sp³-hybridized carbons (Fsp3) is 0.500. The third-order valence-electron chi connectivity index (χ3n) is 0.995. The predicted octanol–water partition coefficient (Wildman–Crippen LogP) is 0.779. The van der Waals surface area contributed by atoms with Gasteiger partial charge in [0, 0.05) is 0 Å². The van der Waals surface area contributed by atoms with Crippen LogP contribution in [-0.2, 0) is 0 Å². The van der Waals surface area contributed by atoms with E-state index in [1.165, 1.54) is 0 Å². The molecule has 0 spiro atoms. The highest BCUT2D eigenvalue weighted by molar-refractivity contribution is 5.43. The van der Waals surface area contributed by atoms with Gasteiger partial charge in [0.2, 0.25) is 0 Å². The van der Waals surface area contributed by atoms with E-state index in [1.807, 2.05) is 13.8 Å². The predicted molar refractivity (Wildman–Crippen MR) is 38.8 cm³/mol. The van der Waals surface area contributed by atoms with Gasteiger partial charge in [-0.05, 0) is 13.8 Å². The van der Waals surface area contributed by atoms with Crippen molar-refractivity contribution < 1.29 is 4.74 Å². The van der Waals surface area contributed by atoms with Crippen LogP contribution < -0.4 is 10.5 Å². The number of aromatic amines is 1. The molecule has 4 nitrogen and oxygen atoms in total. The molecule has 0 amide bonds. The number of hydrogen-bond acceptors (Lipinski definition) is 3. The molecule has 0 aromatic carbocycles. The van der Waals surface area contributed by atoms with Gasteiger partial charge in [-0.2, -0.15) is 5.10 Å². The highest BCUT2D eigenvalue weighted by Crippen LogP contribution is 2.17. The molecule has 0 unspecified atom stereocenters. The summed E-state index contributed by atoms with van der Waals surface area (Å²) >= 11 is 0. The van der Waals surface area contributed by atoms with Crippen molar-refractivity contribution in [1.82, 2.24) is 10.2 Å². The maximum atomic E-state index is 5.45. The number of aromatic nitrogens is 2. The number of nitrogens with two attached hydrogens (primary N) is 1. The maximum absolute atomic E-state index is 5.45. The molecule has 1 heterocycles. The molecule has 3 N–H and O–H groups in total. The zero-order valence-electron chi connectivity index (χ0n) is 6.09. The Kier molecular flexibility index (Phi) is 1.80. The first kappa shape index (κ1) is 6.92. The molecular weight excluding hydrogens is 130 g/mol. The molecule has 0 aliphatic rings. The Hall–Kier alpha value is -1.19. The molecule has 56 valence electrons. The lowest BCUT2D eigenvalue weighted by atomic mass is 10.4. The molecule has 10 heavy (non-hydrogen) atoms. The van der Waals surface area contributed by atoms with Gasteiger partial charge < -0.3 is 10.5 Å². The highest BCUT2D eigenvalue weighted by atomic mass is 16.5. The molecule has 0 aliphatic heterocycles. The molecule has 0 bridgehead atoms. The normalized spacial score (nSPS) is 10.3. The van der Waals surface area contributed by atoms with Crippen LogP contribution in [0.1, 0.15) is 13.8 Å². The zero-order valence-corrected chi connectivity index (χ0v) is 6.09. The van der Waals surface area contributed by atoms with Crippen molar-refractivity contribution in [3.63, 3.8) is 0 Å². The van der Waals surface area contributed by atoms with E-state index in [9.17, 15) is 0 Å². The number of ether oxygens (including phenoxy) is 1. The number of H-pyrrole nitrogens is 1. The Morgan fingerprint density at radius 1 is 1.70 bits per heavy atom. The summed E-state index contributed by atoms with van der Waals surface area (Å²) in [6.45, 7) is 3.87. The van der Waals surface area contributed by atoms with Gasteiger partial charge in [0.15, 0.2) is 11.6 Å². The van der Waals surface area contributed by atoms with Gasteiger partial charge in [-0.15, -0.1) is 0 Å². The standard InChI is InChI=1S/C6H11N3O/c1-4(2)10-5-3-8-9-6(5)7/h3-4H,1-2H3,(H3,7,8,9). The van der Waals surface area contributed by atoms with Crippen molar-refractivity contribution in [2.45, 2.75) is 20.0 Å². The number of anilines is 1. The average Bonchev–Trinajstić information content (AvgIpc) is 2.15. The van der Waals surface area contributed by atoms with E-state index in [1.54, 1.807) is 6.20 Å². The number of nitrogens with zero attached hydrogens (tertiary/aromatic N) is 1. The van der Waals surface area contributed by atoms with Crippen LogP contribution in [0.5, 0.6) is 5.75 Å². The largest absolute Gasteiger partial charge is 0.485 e. The summed E-state index contributed by atoms with van der Waals surface area (Å²) in [6, 6.07) is 0. The molecule has 0 saturated carbocycles. The lowest BCUT2D eigenvalue weighted by Gasteiger charge is -2.06. The van der Waals surface area contributed by atoms with E-state index in [0.717, 1.165) is 0 Å². The number of rotatable bonds is 2. The van der Waals surface area contributed by atoms with Crippen LogP contribution in [0.3, 0.4) is 0 Å². The van der Waals surface area contributed by atoms with Gasteiger partial charge in [-0.25, -0.2) is 0 Å². The van der Waals surface area contributed by atoms with E-state index in [0.29, 0.717) is 11.6 Å². The topological polar surface area (TPSA) is 63.9 Å². The van der Waals surface area contributed by atoms with Crippen molar-refractivity contribution in [2.75, 3.05) is 5.73 Å². The van der Waals surface area contributed by atoms with E-state index >= 15 is 0 Å². The van der Waals surface area contributed by atoms with Crippen LogP contribution in [0, 0.1) is 0 Å². The fourth-order valence-corrected chi connectivity index (χ4v) is 0.633. The number of nitrogens with one attached hydrogen (secondary N) is 1. The van der Waals surface area contributed by atoms with Crippen LogP contribution in [0.2, 0.25) is 0 Å². The summed E-state index contributed by atoms with van der Waals surface area (Å²) in [5, 5.41) is 6.28. The average molecular weight is 141 g/mol. The third-order valence-corrected chi connectivity index (χ3v) is 0.995. The summed E-state index contributed by atoms with van der Waals surface area (Å²) in [5.41, 5.74) is 5.45. The Morgan fingerprint density at radius 2 is 2.40 bits per heavy atom. The monoisotopic (exact) mass is 141 g/mol. The van der Waals surface area contributed by atoms with Crippen molar-refractivity contribution in [1.29, 1.82) is 0 Å². The van der Waals surface area contributed by atoms with Gasteiger partial charge in [0.25, 0.3) is 0 Å². The molecule has 1 rings (SSSR count). The second-order valence-electron chi connectivity index (χ2n) is 2.31. The second kappa shape index (κ2) is 2.60. The molecule has 1 aromatic rings. The minimum Gasteiger partial charge on any atom is -0.485 e. The smallest absolute Gasteiger partial charge is 0.181 e. The Bertz CT molecular complexity index is 207. The molecular formula is C6H11N3O. The summed E-state index contributed by atoms with van der Waals surface area (Å²) in [4.78, 5) is 0. The zero-order chi connectivity index (χ0) is 7.56. The molecule has 0 aliphatic carbocycles. The minimum atomic E-state index is 0.139. The second-order valence-corrected chi connectivity index (χ2v) is 2.31. The van der Waals surface area contributed by atoms with Crippen LogP contribution in [0.25, 0.3) is 0 Å². The lowest BCUT2D eigenvalue weighted by Crippen LogP contribution is -2.06. The van der Waals surface area contributed by atoms with Gasteiger partial charge in [-0.1, -0.05) is 0 Å². The molecule has 1 aromatic heterocycles. The first-order chi connectivity index (χ1) is 4.70. The van der Waals surface area contributed by atoms with Crippen LogP contribution >= 0.6 is 0 Å². The Labute approximate surface area is 59.4 Å². The Balaban J connectivity index is 2.65. The van der Waals surface area contributed by atoms with Gasteiger partial charge in [0.1, 0.15) is 0 Å².